The number of methoxy groups -OCH3 is 2. The molecule has 2 N–H and O–H groups in total. The molecule has 2 aromatic carbocycles. The van der Waals surface area contributed by atoms with Crippen molar-refractivity contribution in [2.24, 2.45) is 0 Å². The lowest BCUT2D eigenvalue weighted by molar-refractivity contribution is 0.0601. The third-order valence-corrected chi connectivity index (χ3v) is 4.18. The molecule has 0 fully saturated rings. The summed E-state index contributed by atoms with van der Waals surface area (Å²) in [6, 6.07) is 12.9. The topological polar surface area (TPSA) is 92.9 Å². The van der Waals surface area contributed by atoms with Gasteiger partial charge in [0, 0.05) is 5.56 Å². The van der Waals surface area contributed by atoms with Crippen LogP contribution in [0.1, 0.15) is 10.4 Å². The van der Waals surface area contributed by atoms with Crippen molar-refractivity contribution >= 4 is 17.0 Å². The van der Waals surface area contributed by atoms with Gasteiger partial charge in [-0.1, -0.05) is 0 Å². The number of fused-ring (bicyclic) bond motifs is 1. The first-order valence-electron chi connectivity index (χ1n) is 7.96. The highest BCUT2D eigenvalue weighted by molar-refractivity contribution is 5.94. The van der Waals surface area contributed by atoms with E-state index in [0.29, 0.717) is 11.4 Å². The molecule has 0 aliphatic rings. The van der Waals surface area contributed by atoms with Crippen molar-refractivity contribution in [3.63, 3.8) is 0 Å². The molecular weight excluding hydrogens is 332 g/mol. The quantitative estimate of drug-likeness (QED) is 0.551. The first-order valence-corrected chi connectivity index (χ1v) is 7.96. The Morgan fingerprint density at radius 1 is 1.08 bits per heavy atom. The van der Waals surface area contributed by atoms with Gasteiger partial charge in [-0.25, -0.2) is 9.78 Å². The monoisotopic (exact) mass is 348 g/mol. The normalized spacial score (nSPS) is 10.8. The van der Waals surface area contributed by atoms with Crippen molar-refractivity contribution in [1.82, 2.24) is 20.2 Å². The van der Waals surface area contributed by atoms with Gasteiger partial charge in [0.05, 0.1) is 48.3 Å². The fourth-order valence-corrected chi connectivity index (χ4v) is 2.83. The molecule has 0 amide bonds. The molecule has 0 saturated carbocycles. The predicted molar refractivity (Wildman–Crippen MR) is 97.0 cm³/mol. The van der Waals surface area contributed by atoms with Gasteiger partial charge in [0.25, 0.3) is 0 Å². The van der Waals surface area contributed by atoms with Gasteiger partial charge >= 0.3 is 5.97 Å². The minimum Gasteiger partial charge on any atom is -0.497 e. The maximum absolute atomic E-state index is 11.7. The molecule has 4 aromatic rings. The first-order chi connectivity index (χ1) is 12.7. The predicted octanol–water partition coefficient (Wildman–Crippen LogP) is 3.42. The Labute approximate surface area is 149 Å². The van der Waals surface area contributed by atoms with Crippen molar-refractivity contribution in [1.29, 1.82) is 0 Å². The molecular formula is C19H16N4O3. The number of esters is 1. The van der Waals surface area contributed by atoms with E-state index < -0.39 is 0 Å². The molecule has 7 nitrogen and oxygen atoms in total. The number of nitrogens with zero attached hydrogens (tertiary/aromatic N) is 2. The van der Waals surface area contributed by atoms with Crippen molar-refractivity contribution in [3.05, 3.63) is 54.2 Å². The van der Waals surface area contributed by atoms with Gasteiger partial charge in [-0.2, -0.15) is 5.10 Å². The van der Waals surface area contributed by atoms with Crippen LogP contribution in [0.5, 0.6) is 5.75 Å². The van der Waals surface area contributed by atoms with Crippen LogP contribution < -0.4 is 4.74 Å². The summed E-state index contributed by atoms with van der Waals surface area (Å²) in [7, 11) is 2.99. The number of hydrogen-bond donors (Lipinski definition) is 2. The second-order valence-electron chi connectivity index (χ2n) is 5.70. The average Bonchev–Trinajstić information content (AvgIpc) is 3.33. The summed E-state index contributed by atoms with van der Waals surface area (Å²) < 4.78 is 9.96. The Kier molecular flexibility index (Phi) is 3.89. The number of hydrogen-bond acceptors (Lipinski definition) is 5. The van der Waals surface area contributed by atoms with Crippen LogP contribution in [0.15, 0.2) is 48.7 Å². The molecule has 0 atom stereocenters. The molecule has 2 heterocycles. The molecule has 26 heavy (non-hydrogen) atoms. The van der Waals surface area contributed by atoms with E-state index in [2.05, 4.69) is 20.2 Å². The van der Waals surface area contributed by atoms with Crippen LogP contribution in [0, 0.1) is 0 Å². The van der Waals surface area contributed by atoms with Crippen LogP contribution in [0.3, 0.4) is 0 Å². The van der Waals surface area contributed by atoms with Crippen molar-refractivity contribution in [2.45, 2.75) is 0 Å². The maximum atomic E-state index is 11.7. The number of carbonyl (C=O) groups excluding carboxylic acids is 1. The van der Waals surface area contributed by atoms with Crippen molar-refractivity contribution < 1.29 is 14.3 Å². The second-order valence-corrected chi connectivity index (χ2v) is 5.70. The lowest BCUT2D eigenvalue weighted by atomic mass is 10.1. The van der Waals surface area contributed by atoms with Crippen molar-refractivity contribution in [2.75, 3.05) is 14.2 Å². The highest BCUT2D eigenvalue weighted by Gasteiger charge is 2.15. The molecule has 130 valence electrons. The number of aromatic nitrogens is 4. The minimum atomic E-state index is -0.384. The fraction of sp³-hybridized carbons (Fsp3) is 0.105. The lowest BCUT2D eigenvalue weighted by Crippen LogP contribution is -2.00. The van der Waals surface area contributed by atoms with E-state index in [1.165, 1.54) is 7.11 Å². The number of rotatable bonds is 4. The Balaban J connectivity index is 1.76. The summed E-state index contributed by atoms with van der Waals surface area (Å²) in [6.07, 6.45) is 1.72. The molecule has 0 unspecified atom stereocenters. The van der Waals surface area contributed by atoms with Gasteiger partial charge in [-0.3, -0.25) is 5.10 Å². The fourth-order valence-electron chi connectivity index (χ4n) is 2.83. The molecule has 0 aliphatic carbocycles. The number of ether oxygens (including phenoxy) is 2. The highest BCUT2D eigenvalue weighted by atomic mass is 16.5. The van der Waals surface area contributed by atoms with E-state index in [1.54, 1.807) is 31.5 Å². The second kappa shape index (κ2) is 6.36. The van der Waals surface area contributed by atoms with E-state index >= 15 is 0 Å². The Hall–Kier alpha value is -3.61. The largest absolute Gasteiger partial charge is 0.497 e. The van der Waals surface area contributed by atoms with E-state index in [0.717, 1.165) is 33.6 Å². The molecule has 7 heteroatoms. The number of carbonyl (C=O) groups is 1. The number of aromatic amines is 2. The SMILES string of the molecule is COC(=O)c1ccc2nc(-c3cn[nH]c3-c3ccc(OC)cc3)[nH]c2c1. The standard InChI is InChI=1S/C19H16N4O3/c1-25-13-6-3-11(4-7-13)17-14(10-20-23-17)18-21-15-8-5-12(19(24)26-2)9-16(15)22-18/h3-10H,1-2H3,(H,20,23)(H,21,22). The van der Waals surface area contributed by atoms with Crippen LogP contribution in [0.4, 0.5) is 0 Å². The maximum Gasteiger partial charge on any atom is 0.337 e. The summed E-state index contributed by atoms with van der Waals surface area (Å²) in [4.78, 5) is 19.6. The summed E-state index contributed by atoms with van der Waals surface area (Å²) in [5.74, 6) is 1.07. The molecule has 0 aliphatic heterocycles. The van der Waals surface area contributed by atoms with Crippen molar-refractivity contribution in [3.8, 4) is 28.4 Å². The van der Waals surface area contributed by atoms with Crippen LogP contribution in [0.2, 0.25) is 0 Å². The third-order valence-electron chi connectivity index (χ3n) is 4.18. The molecule has 0 saturated heterocycles. The lowest BCUT2D eigenvalue weighted by Gasteiger charge is -2.03. The third kappa shape index (κ3) is 2.69. The summed E-state index contributed by atoms with van der Waals surface area (Å²) in [5.41, 5.74) is 4.64. The Morgan fingerprint density at radius 3 is 2.62 bits per heavy atom. The zero-order valence-corrected chi connectivity index (χ0v) is 14.2. The average molecular weight is 348 g/mol. The molecule has 4 rings (SSSR count). The number of imidazole rings is 1. The van der Waals surface area contributed by atoms with Crippen LogP contribution in [-0.4, -0.2) is 40.4 Å². The Bertz CT molecular complexity index is 1080. The van der Waals surface area contributed by atoms with Gasteiger partial charge < -0.3 is 14.5 Å². The molecule has 2 aromatic heterocycles. The van der Waals surface area contributed by atoms with E-state index in [4.69, 9.17) is 9.47 Å². The summed E-state index contributed by atoms with van der Waals surface area (Å²) in [6.45, 7) is 0. The van der Waals surface area contributed by atoms with Gasteiger partial charge in [0.15, 0.2) is 0 Å². The van der Waals surface area contributed by atoms with Gasteiger partial charge in [-0.15, -0.1) is 0 Å². The smallest absolute Gasteiger partial charge is 0.337 e. The minimum absolute atomic E-state index is 0.384. The van der Waals surface area contributed by atoms with E-state index in [1.807, 2.05) is 24.3 Å². The van der Waals surface area contributed by atoms with Crippen LogP contribution in [0.25, 0.3) is 33.7 Å². The molecule has 0 spiro atoms. The van der Waals surface area contributed by atoms with Gasteiger partial charge in [-0.05, 0) is 42.5 Å². The van der Waals surface area contributed by atoms with Gasteiger partial charge in [0.1, 0.15) is 11.6 Å². The summed E-state index contributed by atoms with van der Waals surface area (Å²) >= 11 is 0. The Morgan fingerprint density at radius 2 is 1.88 bits per heavy atom. The zero-order chi connectivity index (χ0) is 18.1. The number of H-pyrrole nitrogens is 2. The zero-order valence-electron chi connectivity index (χ0n) is 14.2. The highest BCUT2D eigenvalue weighted by Crippen LogP contribution is 2.30. The van der Waals surface area contributed by atoms with Gasteiger partial charge in [0.2, 0.25) is 0 Å². The number of nitrogens with one attached hydrogen (secondary N) is 2. The van der Waals surface area contributed by atoms with Crippen LogP contribution in [-0.2, 0) is 4.74 Å². The molecule has 0 bridgehead atoms. The molecule has 0 radical (unpaired) electrons. The van der Waals surface area contributed by atoms with E-state index in [9.17, 15) is 4.79 Å². The number of benzene rings is 2. The van der Waals surface area contributed by atoms with Crippen LogP contribution >= 0.6 is 0 Å². The van der Waals surface area contributed by atoms with E-state index in [-0.39, 0.29) is 5.97 Å². The summed E-state index contributed by atoms with van der Waals surface area (Å²) in [5, 5.41) is 7.17. The first kappa shape index (κ1) is 15.9.